The number of aliphatic hydroxyl groups excluding tert-OH is 1. The maximum Gasteiger partial charge on any atom is 0.244 e. The standard InChI is InChI=1S/C19H42N6O3S/c1-2-13-29-15-16(21)18(27)25-17(14-26)19(28)24-12-6-11-23-9-4-3-8-22-10-5-7-20/h16-17,22-23,26H,2-15,20-21H2,1H3,(H,24,28)(H,25,27)/t16-,17-/m0/s1. The van der Waals surface area contributed by atoms with Crippen molar-refractivity contribution in [3.63, 3.8) is 0 Å². The van der Waals surface area contributed by atoms with E-state index in [4.69, 9.17) is 11.5 Å². The first-order valence-corrected chi connectivity index (χ1v) is 11.9. The van der Waals surface area contributed by atoms with E-state index in [0.717, 1.165) is 70.6 Å². The summed E-state index contributed by atoms with van der Waals surface area (Å²) >= 11 is 1.60. The highest BCUT2D eigenvalue weighted by Crippen LogP contribution is 2.03. The minimum atomic E-state index is -0.968. The van der Waals surface area contributed by atoms with E-state index < -0.39 is 30.5 Å². The van der Waals surface area contributed by atoms with Crippen LogP contribution < -0.4 is 32.7 Å². The van der Waals surface area contributed by atoms with Crippen LogP contribution in [0.15, 0.2) is 0 Å². The number of carbonyl (C=O) groups is 2. The number of hydrogen-bond acceptors (Lipinski definition) is 8. The fourth-order valence-corrected chi connectivity index (χ4v) is 3.29. The number of amides is 2. The Morgan fingerprint density at radius 1 is 0.966 bits per heavy atom. The van der Waals surface area contributed by atoms with Gasteiger partial charge in [-0.15, -0.1) is 0 Å². The van der Waals surface area contributed by atoms with Crippen molar-refractivity contribution in [1.82, 2.24) is 21.3 Å². The molecule has 0 aliphatic heterocycles. The van der Waals surface area contributed by atoms with Gasteiger partial charge < -0.3 is 37.8 Å². The normalized spacial score (nSPS) is 13.1. The second kappa shape index (κ2) is 20.4. The van der Waals surface area contributed by atoms with Crippen LogP contribution >= 0.6 is 11.8 Å². The van der Waals surface area contributed by atoms with Crippen LogP contribution in [-0.4, -0.2) is 86.4 Å². The molecule has 10 heteroatoms. The van der Waals surface area contributed by atoms with E-state index in [9.17, 15) is 14.7 Å². The molecule has 0 aromatic heterocycles. The number of nitrogens with one attached hydrogen (secondary N) is 4. The predicted octanol–water partition coefficient (Wildman–Crippen LogP) is -1.25. The smallest absolute Gasteiger partial charge is 0.244 e. The number of carbonyl (C=O) groups excluding carboxylic acids is 2. The van der Waals surface area contributed by atoms with Crippen molar-refractivity contribution in [2.75, 3.05) is 57.4 Å². The number of nitrogens with two attached hydrogens (primary N) is 2. The van der Waals surface area contributed by atoms with Gasteiger partial charge in [-0.05, 0) is 70.6 Å². The van der Waals surface area contributed by atoms with Crippen LogP contribution in [0.1, 0.15) is 39.0 Å². The SMILES string of the molecule is CCCSC[C@H](N)C(=O)N[C@@H](CO)C(=O)NCCCNCCCCNCCCN. The van der Waals surface area contributed by atoms with Crippen molar-refractivity contribution in [3.05, 3.63) is 0 Å². The maximum atomic E-state index is 12.1. The Morgan fingerprint density at radius 2 is 1.59 bits per heavy atom. The third-order valence-electron chi connectivity index (χ3n) is 4.14. The van der Waals surface area contributed by atoms with E-state index in [-0.39, 0.29) is 0 Å². The molecule has 29 heavy (non-hydrogen) atoms. The zero-order valence-corrected chi connectivity index (χ0v) is 18.7. The molecule has 0 bridgehead atoms. The molecule has 0 fully saturated rings. The van der Waals surface area contributed by atoms with Gasteiger partial charge in [0.25, 0.3) is 0 Å². The largest absolute Gasteiger partial charge is 0.394 e. The van der Waals surface area contributed by atoms with Crippen LogP contribution in [0.3, 0.4) is 0 Å². The zero-order chi connectivity index (χ0) is 21.7. The fourth-order valence-electron chi connectivity index (χ4n) is 2.43. The lowest BCUT2D eigenvalue weighted by molar-refractivity contribution is -0.130. The van der Waals surface area contributed by atoms with E-state index in [1.165, 1.54) is 0 Å². The molecule has 9 nitrogen and oxygen atoms in total. The Balaban J connectivity index is 3.73. The predicted molar refractivity (Wildman–Crippen MR) is 121 cm³/mol. The highest BCUT2D eigenvalue weighted by Gasteiger charge is 2.22. The third kappa shape index (κ3) is 16.6. The summed E-state index contributed by atoms with van der Waals surface area (Å²) in [6, 6.07) is -1.65. The van der Waals surface area contributed by atoms with E-state index >= 15 is 0 Å². The molecule has 9 N–H and O–H groups in total. The Bertz CT molecular complexity index is 417. The van der Waals surface area contributed by atoms with Crippen LogP contribution in [0.2, 0.25) is 0 Å². The van der Waals surface area contributed by atoms with Gasteiger partial charge in [-0.3, -0.25) is 9.59 Å². The molecule has 0 aromatic carbocycles. The minimum absolute atomic E-state index is 0.391. The summed E-state index contributed by atoms with van der Waals surface area (Å²) in [6.45, 7) is 6.54. The van der Waals surface area contributed by atoms with E-state index in [1.54, 1.807) is 11.8 Å². The van der Waals surface area contributed by atoms with Gasteiger partial charge in [0, 0.05) is 12.3 Å². The minimum Gasteiger partial charge on any atom is -0.394 e. The average molecular weight is 435 g/mol. The van der Waals surface area contributed by atoms with Gasteiger partial charge in [0.05, 0.1) is 12.6 Å². The molecule has 0 aromatic rings. The molecule has 0 heterocycles. The molecular weight excluding hydrogens is 392 g/mol. The number of hydrogen-bond donors (Lipinski definition) is 7. The topological polar surface area (TPSA) is 155 Å². The number of aliphatic hydroxyl groups is 1. The van der Waals surface area contributed by atoms with Crippen LogP contribution in [0.4, 0.5) is 0 Å². The second-order valence-electron chi connectivity index (χ2n) is 6.92. The summed E-state index contributed by atoms with van der Waals surface area (Å²) in [7, 11) is 0. The lowest BCUT2D eigenvalue weighted by Gasteiger charge is -2.19. The Morgan fingerprint density at radius 3 is 2.17 bits per heavy atom. The van der Waals surface area contributed by atoms with Crippen LogP contribution in [0, 0.1) is 0 Å². The Labute approximate surface area is 179 Å². The first kappa shape index (κ1) is 28.1. The molecule has 0 spiro atoms. The summed E-state index contributed by atoms with van der Waals surface area (Å²) in [5.41, 5.74) is 11.3. The fraction of sp³-hybridized carbons (Fsp3) is 0.895. The highest BCUT2D eigenvalue weighted by molar-refractivity contribution is 7.99. The molecular formula is C19H42N6O3S. The highest BCUT2D eigenvalue weighted by atomic mass is 32.2. The molecule has 2 atom stereocenters. The van der Waals surface area contributed by atoms with Gasteiger partial charge in [0.2, 0.25) is 11.8 Å². The Hall–Kier alpha value is -0.910. The van der Waals surface area contributed by atoms with Gasteiger partial charge in [-0.2, -0.15) is 11.8 Å². The van der Waals surface area contributed by atoms with Crippen molar-refractivity contribution in [1.29, 1.82) is 0 Å². The molecule has 2 amide bonds. The molecule has 0 rings (SSSR count). The lowest BCUT2D eigenvalue weighted by Crippen LogP contribution is -2.54. The van der Waals surface area contributed by atoms with Crippen molar-refractivity contribution in [2.45, 2.75) is 51.1 Å². The third-order valence-corrected chi connectivity index (χ3v) is 5.43. The van der Waals surface area contributed by atoms with Gasteiger partial charge in [0.15, 0.2) is 0 Å². The quantitative estimate of drug-likeness (QED) is 0.117. The number of rotatable bonds is 20. The van der Waals surface area contributed by atoms with Crippen molar-refractivity contribution in [3.8, 4) is 0 Å². The molecule has 0 radical (unpaired) electrons. The van der Waals surface area contributed by atoms with Crippen molar-refractivity contribution in [2.24, 2.45) is 11.5 Å². The number of unbranched alkanes of at least 4 members (excludes halogenated alkanes) is 1. The van der Waals surface area contributed by atoms with E-state index in [2.05, 4.69) is 28.2 Å². The molecule has 0 unspecified atom stereocenters. The van der Waals surface area contributed by atoms with Gasteiger partial charge in [-0.1, -0.05) is 6.92 Å². The first-order valence-electron chi connectivity index (χ1n) is 10.7. The van der Waals surface area contributed by atoms with Crippen LogP contribution in [-0.2, 0) is 9.59 Å². The average Bonchev–Trinajstić information content (AvgIpc) is 2.72. The Kier molecular flexibility index (Phi) is 19.7. The van der Waals surface area contributed by atoms with Crippen molar-refractivity contribution < 1.29 is 14.7 Å². The van der Waals surface area contributed by atoms with Crippen LogP contribution in [0.25, 0.3) is 0 Å². The van der Waals surface area contributed by atoms with Crippen LogP contribution in [0.5, 0.6) is 0 Å². The maximum absolute atomic E-state index is 12.1. The van der Waals surface area contributed by atoms with Gasteiger partial charge in [-0.25, -0.2) is 0 Å². The van der Waals surface area contributed by atoms with Gasteiger partial charge in [0.1, 0.15) is 6.04 Å². The molecule has 0 aliphatic rings. The summed E-state index contributed by atoms with van der Waals surface area (Å²) < 4.78 is 0. The summed E-state index contributed by atoms with van der Waals surface area (Å²) in [5, 5.41) is 21.3. The molecule has 0 saturated heterocycles. The van der Waals surface area contributed by atoms with E-state index in [0.29, 0.717) is 12.3 Å². The van der Waals surface area contributed by atoms with E-state index in [1.807, 2.05) is 0 Å². The first-order chi connectivity index (χ1) is 14.1. The number of thioether (sulfide) groups is 1. The zero-order valence-electron chi connectivity index (χ0n) is 17.9. The molecule has 172 valence electrons. The van der Waals surface area contributed by atoms with Gasteiger partial charge >= 0.3 is 0 Å². The second-order valence-corrected chi connectivity index (χ2v) is 8.07. The summed E-state index contributed by atoms with van der Waals surface area (Å²) in [4.78, 5) is 24.1. The summed E-state index contributed by atoms with van der Waals surface area (Å²) in [6.07, 6.45) is 5.01. The molecule has 0 aliphatic carbocycles. The lowest BCUT2D eigenvalue weighted by atomic mass is 10.2. The summed E-state index contributed by atoms with van der Waals surface area (Å²) in [5.74, 6) is 0.624. The monoisotopic (exact) mass is 434 g/mol. The molecule has 0 saturated carbocycles. The van der Waals surface area contributed by atoms with Crippen molar-refractivity contribution >= 4 is 23.6 Å².